The summed E-state index contributed by atoms with van der Waals surface area (Å²) in [6.07, 6.45) is 1.27. The van der Waals surface area contributed by atoms with Crippen LogP contribution >= 0.6 is 0 Å². The van der Waals surface area contributed by atoms with Crippen LogP contribution in [0.4, 0.5) is 13.6 Å². The molecule has 21 heavy (non-hydrogen) atoms. The molecule has 1 aromatic carbocycles. The van der Waals surface area contributed by atoms with E-state index < -0.39 is 23.7 Å². The first kappa shape index (κ1) is 17.4. The molecule has 0 aliphatic carbocycles. The number of hydrogen-bond acceptors (Lipinski definition) is 2. The van der Waals surface area contributed by atoms with E-state index in [1.54, 1.807) is 14.0 Å². The standard InChI is InChI=1S/C15H22F2N2O2/c1-4-5-14(12-7-6-11(16)8-13(12)17)18-15(21)19(3)10(2)9-20/h6-8,10,14,20H,4-5,9H2,1-3H3,(H,18,21). The fourth-order valence-corrected chi connectivity index (χ4v) is 1.95. The van der Waals surface area contributed by atoms with Crippen molar-refractivity contribution in [2.75, 3.05) is 13.7 Å². The first-order valence-electron chi connectivity index (χ1n) is 6.99. The monoisotopic (exact) mass is 300 g/mol. The topological polar surface area (TPSA) is 52.6 Å². The number of aliphatic hydroxyl groups excluding tert-OH is 1. The van der Waals surface area contributed by atoms with Crippen LogP contribution < -0.4 is 5.32 Å². The minimum absolute atomic E-state index is 0.159. The molecule has 0 aliphatic heterocycles. The number of benzene rings is 1. The van der Waals surface area contributed by atoms with Gasteiger partial charge in [0, 0.05) is 18.7 Å². The summed E-state index contributed by atoms with van der Waals surface area (Å²) < 4.78 is 26.8. The highest BCUT2D eigenvalue weighted by Gasteiger charge is 2.21. The minimum Gasteiger partial charge on any atom is -0.394 e. The van der Waals surface area contributed by atoms with Gasteiger partial charge in [0.05, 0.1) is 18.7 Å². The van der Waals surface area contributed by atoms with Crippen molar-refractivity contribution in [2.24, 2.45) is 0 Å². The molecule has 0 aromatic heterocycles. The average molecular weight is 300 g/mol. The number of urea groups is 1. The molecule has 1 rings (SSSR count). The zero-order valence-electron chi connectivity index (χ0n) is 12.6. The number of likely N-dealkylation sites (N-methyl/N-ethyl adjacent to an activating group) is 1. The van der Waals surface area contributed by atoms with E-state index in [2.05, 4.69) is 5.32 Å². The van der Waals surface area contributed by atoms with E-state index >= 15 is 0 Å². The van der Waals surface area contributed by atoms with E-state index in [0.29, 0.717) is 6.42 Å². The highest BCUT2D eigenvalue weighted by molar-refractivity contribution is 5.74. The smallest absolute Gasteiger partial charge is 0.317 e. The molecule has 0 radical (unpaired) electrons. The minimum atomic E-state index is -0.674. The second-order valence-corrected chi connectivity index (χ2v) is 5.10. The fourth-order valence-electron chi connectivity index (χ4n) is 1.95. The number of rotatable bonds is 6. The van der Waals surface area contributed by atoms with Gasteiger partial charge in [-0.3, -0.25) is 0 Å². The number of carbonyl (C=O) groups is 1. The predicted octanol–water partition coefficient (Wildman–Crippen LogP) is 2.83. The van der Waals surface area contributed by atoms with Gasteiger partial charge in [-0.1, -0.05) is 19.4 Å². The van der Waals surface area contributed by atoms with Gasteiger partial charge in [0.15, 0.2) is 0 Å². The second kappa shape index (κ2) is 7.93. The van der Waals surface area contributed by atoms with Crippen molar-refractivity contribution in [1.29, 1.82) is 0 Å². The van der Waals surface area contributed by atoms with E-state index in [0.717, 1.165) is 12.5 Å². The molecule has 2 unspecified atom stereocenters. The molecule has 0 saturated carbocycles. The number of carbonyl (C=O) groups excluding carboxylic acids is 1. The lowest BCUT2D eigenvalue weighted by Crippen LogP contribution is -2.45. The normalized spacial score (nSPS) is 13.6. The third-order valence-electron chi connectivity index (χ3n) is 3.46. The Balaban J connectivity index is 2.89. The van der Waals surface area contributed by atoms with Gasteiger partial charge in [-0.05, 0) is 19.4 Å². The van der Waals surface area contributed by atoms with Crippen molar-refractivity contribution in [3.05, 3.63) is 35.4 Å². The van der Waals surface area contributed by atoms with Crippen LogP contribution in [0.5, 0.6) is 0 Å². The van der Waals surface area contributed by atoms with Crippen LogP contribution in [0.2, 0.25) is 0 Å². The molecule has 0 bridgehead atoms. The maximum absolute atomic E-state index is 13.9. The largest absolute Gasteiger partial charge is 0.394 e. The van der Waals surface area contributed by atoms with E-state index in [9.17, 15) is 13.6 Å². The Bertz CT molecular complexity index is 483. The summed E-state index contributed by atoms with van der Waals surface area (Å²) in [5.74, 6) is -1.32. The molecule has 2 N–H and O–H groups in total. The van der Waals surface area contributed by atoms with Crippen molar-refractivity contribution in [3.8, 4) is 0 Å². The summed E-state index contributed by atoms with van der Waals surface area (Å²) in [5, 5.41) is 11.8. The van der Waals surface area contributed by atoms with E-state index in [4.69, 9.17) is 5.11 Å². The van der Waals surface area contributed by atoms with Gasteiger partial charge in [-0.2, -0.15) is 0 Å². The lowest BCUT2D eigenvalue weighted by molar-refractivity contribution is 0.154. The summed E-state index contributed by atoms with van der Waals surface area (Å²) in [6.45, 7) is 3.46. The third kappa shape index (κ3) is 4.67. The average Bonchev–Trinajstić information content (AvgIpc) is 2.45. The summed E-state index contributed by atoms with van der Waals surface area (Å²) in [6, 6.07) is 2.05. The maximum Gasteiger partial charge on any atom is 0.317 e. The van der Waals surface area contributed by atoms with Gasteiger partial charge in [-0.15, -0.1) is 0 Å². The quantitative estimate of drug-likeness (QED) is 0.849. The van der Waals surface area contributed by atoms with Gasteiger partial charge in [0.25, 0.3) is 0 Å². The Morgan fingerprint density at radius 2 is 2.10 bits per heavy atom. The Morgan fingerprint density at radius 1 is 1.43 bits per heavy atom. The number of nitrogens with one attached hydrogen (secondary N) is 1. The lowest BCUT2D eigenvalue weighted by Gasteiger charge is -2.27. The number of aliphatic hydroxyl groups is 1. The van der Waals surface area contributed by atoms with Crippen LogP contribution in [0.1, 0.15) is 38.3 Å². The molecule has 0 spiro atoms. The molecule has 0 aliphatic rings. The highest BCUT2D eigenvalue weighted by Crippen LogP contribution is 2.22. The third-order valence-corrected chi connectivity index (χ3v) is 3.46. The fraction of sp³-hybridized carbons (Fsp3) is 0.533. The molecule has 0 fully saturated rings. The van der Waals surface area contributed by atoms with Gasteiger partial charge in [0.2, 0.25) is 0 Å². The molecular weight excluding hydrogens is 278 g/mol. The Kier molecular flexibility index (Phi) is 6.55. The maximum atomic E-state index is 13.9. The molecule has 2 amide bonds. The van der Waals surface area contributed by atoms with Crippen molar-refractivity contribution < 1.29 is 18.7 Å². The number of amides is 2. The summed E-state index contributed by atoms with van der Waals surface area (Å²) in [7, 11) is 1.56. The first-order chi connectivity index (χ1) is 9.90. The van der Waals surface area contributed by atoms with Crippen LogP contribution in [0.3, 0.4) is 0 Å². The Hall–Kier alpha value is -1.69. The van der Waals surface area contributed by atoms with Crippen LogP contribution in [-0.2, 0) is 0 Å². The zero-order valence-corrected chi connectivity index (χ0v) is 12.6. The Morgan fingerprint density at radius 3 is 2.62 bits per heavy atom. The Labute approximate surface area is 123 Å². The van der Waals surface area contributed by atoms with Gasteiger partial charge >= 0.3 is 6.03 Å². The lowest BCUT2D eigenvalue weighted by atomic mass is 10.0. The van der Waals surface area contributed by atoms with E-state index in [1.807, 2.05) is 6.92 Å². The van der Waals surface area contributed by atoms with Gasteiger partial charge in [-0.25, -0.2) is 13.6 Å². The van der Waals surface area contributed by atoms with E-state index in [1.165, 1.54) is 17.0 Å². The number of nitrogens with zero attached hydrogens (tertiary/aromatic N) is 1. The van der Waals surface area contributed by atoms with Crippen molar-refractivity contribution in [3.63, 3.8) is 0 Å². The van der Waals surface area contributed by atoms with Crippen molar-refractivity contribution >= 4 is 6.03 Å². The summed E-state index contributed by atoms with van der Waals surface area (Å²) >= 11 is 0. The zero-order chi connectivity index (χ0) is 16.0. The van der Waals surface area contributed by atoms with Gasteiger partial charge < -0.3 is 15.3 Å². The van der Waals surface area contributed by atoms with Crippen LogP contribution in [-0.4, -0.2) is 35.7 Å². The van der Waals surface area contributed by atoms with E-state index in [-0.39, 0.29) is 18.2 Å². The molecule has 6 heteroatoms. The van der Waals surface area contributed by atoms with Gasteiger partial charge in [0.1, 0.15) is 11.6 Å². The predicted molar refractivity (Wildman–Crippen MR) is 76.8 cm³/mol. The number of halogens is 2. The number of hydrogen-bond donors (Lipinski definition) is 2. The molecule has 0 saturated heterocycles. The summed E-state index contributed by atoms with van der Waals surface area (Å²) in [4.78, 5) is 13.4. The first-order valence-corrected chi connectivity index (χ1v) is 6.99. The second-order valence-electron chi connectivity index (χ2n) is 5.10. The summed E-state index contributed by atoms with van der Waals surface area (Å²) in [5.41, 5.74) is 0.261. The SMILES string of the molecule is CCCC(NC(=O)N(C)C(C)CO)c1ccc(F)cc1F. The molecule has 0 heterocycles. The van der Waals surface area contributed by atoms with Crippen molar-refractivity contribution in [1.82, 2.24) is 10.2 Å². The molecule has 2 atom stereocenters. The molecule has 118 valence electrons. The molecular formula is C15H22F2N2O2. The van der Waals surface area contributed by atoms with Crippen LogP contribution in [0.25, 0.3) is 0 Å². The molecule has 1 aromatic rings. The molecule has 4 nitrogen and oxygen atoms in total. The van der Waals surface area contributed by atoms with Crippen LogP contribution in [0.15, 0.2) is 18.2 Å². The highest BCUT2D eigenvalue weighted by atomic mass is 19.1. The van der Waals surface area contributed by atoms with Crippen molar-refractivity contribution in [2.45, 2.75) is 38.8 Å². The van der Waals surface area contributed by atoms with Crippen LogP contribution in [0, 0.1) is 11.6 Å².